The molecule has 4 nitrogen and oxygen atoms in total. The Morgan fingerprint density at radius 3 is 2.67 bits per heavy atom. The number of nitrogens with zero attached hydrogens (tertiary/aromatic N) is 3. The van der Waals surface area contributed by atoms with E-state index >= 15 is 0 Å². The second-order valence-electron chi connectivity index (χ2n) is 2.66. The van der Waals surface area contributed by atoms with Crippen LogP contribution in [0, 0.1) is 7.05 Å². The Balaban J connectivity index is 2.59. The van der Waals surface area contributed by atoms with Gasteiger partial charge in [0, 0.05) is 26.0 Å². The smallest absolute Gasteiger partial charge is 0.158 e. The number of rotatable bonds is 3. The van der Waals surface area contributed by atoms with Gasteiger partial charge in [0.2, 0.25) is 0 Å². The average molecular weight is 166 g/mol. The number of aromatic nitrogens is 2. The van der Waals surface area contributed by atoms with Crippen LogP contribution < -0.4 is 0 Å². The molecule has 0 aliphatic heterocycles. The Morgan fingerprint density at radius 1 is 1.58 bits per heavy atom. The van der Waals surface area contributed by atoms with Gasteiger partial charge in [-0.15, -0.1) is 0 Å². The van der Waals surface area contributed by atoms with Crippen LogP contribution in [0.25, 0.3) is 0 Å². The van der Waals surface area contributed by atoms with Gasteiger partial charge in [-0.2, -0.15) is 0 Å². The van der Waals surface area contributed by atoms with Gasteiger partial charge in [-0.05, 0) is 13.1 Å². The third-order valence-electron chi connectivity index (χ3n) is 1.37. The summed E-state index contributed by atoms with van der Waals surface area (Å²) in [5.41, 5.74) is 0. The van der Waals surface area contributed by atoms with Crippen molar-refractivity contribution in [1.29, 1.82) is 0 Å². The molecule has 1 unspecified atom stereocenters. The van der Waals surface area contributed by atoms with Crippen LogP contribution in [-0.4, -0.2) is 33.6 Å². The second-order valence-corrected chi connectivity index (χ2v) is 2.66. The summed E-state index contributed by atoms with van der Waals surface area (Å²) >= 11 is 0. The van der Waals surface area contributed by atoms with Crippen LogP contribution in [-0.2, 0) is 0 Å². The molecule has 1 aromatic heterocycles. The van der Waals surface area contributed by atoms with Crippen LogP contribution in [0.2, 0.25) is 0 Å². The zero-order valence-corrected chi connectivity index (χ0v) is 7.01. The first-order chi connectivity index (χ1) is 5.70. The number of aliphatic hydroxyl groups excluding tert-OH is 1. The van der Waals surface area contributed by atoms with E-state index in [2.05, 4.69) is 17.0 Å². The first kappa shape index (κ1) is 9.09. The minimum Gasteiger partial charge on any atom is -0.384 e. The van der Waals surface area contributed by atoms with Gasteiger partial charge in [-0.1, -0.05) is 0 Å². The Bertz CT molecular complexity index is 225. The molecular formula is C8H12N3O. The highest BCUT2D eigenvalue weighted by Crippen LogP contribution is 2.05. The topological polar surface area (TPSA) is 49.2 Å². The molecule has 65 valence electrons. The van der Waals surface area contributed by atoms with Crippen molar-refractivity contribution in [2.45, 2.75) is 6.10 Å². The summed E-state index contributed by atoms with van der Waals surface area (Å²) in [6, 6.07) is 1.71. The van der Waals surface area contributed by atoms with E-state index in [0.717, 1.165) is 0 Å². The maximum atomic E-state index is 9.48. The highest BCUT2D eigenvalue weighted by molar-refractivity contribution is 4.93. The molecular weight excluding hydrogens is 154 g/mol. The molecule has 0 aliphatic rings. The first-order valence-electron chi connectivity index (χ1n) is 3.67. The van der Waals surface area contributed by atoms with Crippen LogP contribution in [0.4, 0.5) is 0 Å². The Kier molecular flexibility index (Phi) is 3.13. The fraction of sp³-hybridized carbons (Fsp3) is 0.375. The van der Waals surface area contributed by atoms with E-state index in [-0.39, 0.29) is 0 Å². The lowest BCUT2D eigenvalue weighted by Crippen LogP contribution is -2.19. The lowest BCUT2D eigenvalue weighted by molar-refractivity contribution is 0.136. The Morgan fingerprint density at radius 2 is 2.17 bits per heavy atom. The van der Waals surface area contributed by atoms with Crippen molar-refractivity contribution in [1.82, 2.24) is 14.9 Å². The van der Waals surface area contributed by atoms with Gasteiger partial charge in [0.25, 0.3) is 0 Å². The highest BCUT2D eigenvalue weighted by atomic mass is 16.3. The second kappa shape index (κ2) is 4.13. The van der Waals surface area contributed by atoms with Crippen molar-refractivity contribution in [2.24, 2.45) is 0 Å². The zero-order valence-electron chi connectivity index (χ0n) is 7.01. The molecule has 1 rings (SSSR count). The summed E-state index contributed by atoms with van der Waals surface area (Å²) in [6.07, 6.45) is 2.55. The van der Waals surface area contributed by atoms with Gasteiger partial charge in [-0.3, -0.25) is 0 Å². The van der Waals surface area contributed by atoms with Crippen molar-refractivity contribution >= 4 is 0 Å². The van der Waals surface area contributed by atoms with Crippen LogP contribution >= 0.6 is 0 Å². The van der Waals surface area contributed by atoms with Gasteiger partial charge < -0.3 is 10.0 Å². The van der Waals surface area contributed by atoms with E-state index in [1.165, 1.54) is 0 Å². The molecule has 12 heavy (non-hydrogen) atoms. The minimum atomic E-state index is -0.659. The predicted molar refractivity (Wildman–Crippen MR) is 45.0 cm³/mol. The van der Waals surface area contributed by atoms with Crippen molar-refractivity contribution in [2.75, 3.05) is 13.6 Å². The third kappa shape index (κ3) is 2.56. The molecule has 1 radical (unpaired) electrons. The molecule has 1 atom stereocenters. The van der Waals surface area contributed by atoms with E-state index in [0.29, 0.717) is 12.4 Å². The van der Waals surface area contributed by atoms with Crippen LogP contribution in [0.5, 0.6) is 0 Å². The molecule has 4 heteroatoms. The number of hydrogen-bond donors (Lipinski definition) is 1. The molecule has 1 aromatic rings. The fourth-order valence-electron chi connectivity index (χ4n) is 0.860. The minimum absolute atomic E-state index is 0.435. The zero-order chi connectivity index (χ0) is 8.97. The van der Waals surface area contributed by atoms with E-state index in [9.17, 15) is 5.11 Å². The summed E-state index contributed by atoms with van der Waals surface area (Å²) < 4.78 is 0. The SMILES string of the molecule is [CH2]N(C)CC(O)c1ncccn1. The monoisotopic (exact) mass is 166 g/mol. The lowest BCUT2D eigenvalue weighted by Gasteiger charge is -2.13. The number of aliphatic hydroxyl groups is 1. The summed E-state index contributed by atoms with van der Waals surface area (Å²) in [5, 5.41) is 9.48. The number of likely N-dealkylation sites (N-methyl/N-ethyl adjacent to an activating group) is 1. The maximum absolute atomic E-state index is 9.48. The number of hydrogen-bond acceptors (Lipinski definition) is 4. The predicted octanol–water partition coefficient (Wildman–Crippen LogP) is 0.233. The van der Waals surface area contributed by atoms with Crippen molar-refractivity contribution < 1.29 is 5.11 Å². The van der Waals surface area contributed by atoms with Crippen LogP contribution in [0.1, 0.15) is 11.9 Å². The van der Waals surface area contributed by atoms with Crippen molar-refractivity contribution in [3.63, 3.8) is 0 Å². The van der Waals surface area contributed by atoms with E-state index in [4.69, 9.17) is 0 Å². The lowest BCUT2D eigenvalue weighted by atomic mass is 10.3. The molecule has 1 N–H and O–H groups in total. The molecule has 0 saturated carbocycles. The first-order valence-corrected chi connectivity index (χ1v) is 3.67. The molecule has 0 spiro atoms. The average Bonchev–Trinajstić information content (AvgIpc) is 2.05. The maximum Gasteiger partial charge on any atom is 0.158 e. The largest absolute Gasteiger partial charge is 0.384 e. The normalized spacial score (nSPS) is 13.3. The molecule has 0 bridgehead atoms. The summed E-state index contributed by atoms with van der Waals surface area (Å²) in [5.74, 6) is 0.438. The Labute approximate surface area is 71.9 Å². The molecule has 0 aromatic carbocycles. The molecule has 0 saturated heterocycles. The standard InChI is InChI=1S/C8H12N3O/c1-11(2)6-7(12)8-9-4-3-5-10-8/h3-5,7,12H,1,6H2,2H3. The summed E-state index contributed by atoms with van der Waals surface area (Å²) in [4.78, 5) is 9.47. The molecule has 1 heterocycles. The van der Waals surface area contributed by atoms with E-state index < -0.39 is 6.10 Å². The van der Waals surface area contributed by atoms with Gasteiger partial charge in [0.15, 0.2) is 5.82 Å². The quantitative estimate of drug-likeness (QED) is 0.698. The van der Waals surface area contributed by atoms with Crippen LogP contribution in [0.15, 0.2) is 18.5 Å². The van der Waals surface area contributed by atoms with Gasteiger partial charge in [0.1, 0.15) is 6.10 Å². The summed E-state index contributed by atoms with van der Waals surface area (Å²) in [7, 11) is 5.41. The third-order valence-corrected chi connectivity index (χ3v) is 1.37. The van der Waals surface area contributed by atoms with Gasteiger partial charge in [0.05, 0.1) is 0 Å². The molecule has 0 fully saturated rings. The van der Waals surface area contributed by atoms with Gasteiger partial charge in [-0.25, -0.2) is 9.97 Å². The highest BCUT2D eigenvalue weighted by Gasteiger charge is 2.09. The van der Waals surface area contributed by atoms with Crippen molar-refractivity contribution in [3.8, 4) is 0 Å². The fourth-order valence-corrected chi connectivity index (χ4v) is 0.860. The van der Waals surface area contributed by atoms with Gasteiger partial charge >= 0.3 is 0 Å². The van der Waals surface area contributed by atoms with Crippen LogP contribution in [0.3, 0.4) is 0 Å². The summed E-state index contributed by atoms with van der Waals surface area (Å²) in [6.45, 7) is 0.435. The molecule has 0 amide bonds. The Hall–Kier alpha value is -1.00. The molecule has 0 aliphatic carbocycles. The van der Waals surface area contributed by atoms with Crippen molar-refractivity contribution in [3.05, 3.63) is 31.3 Å². The van der Waals surface area contributed by atoms with E-state index in [1.807, 2.05) is 0 Å². The van der Waals surface area contributed by atoms with E-state index in [1.54, 1.807) is 30.4 Å².